The van der Waals surface area contributed by atoms with E-state index >= 15 is 0 Å². The number of alkyl carbamates (subject to hydrolysis) is 1. The molecule has 0 aromatic carbocycles. The van der Waals surface area contributed by atoms with E-state index in [1.807, 2.05) is 34.6 Å². The Bertz CT molecular complexity index is 485. The van der Waals surface area contributed by atoms with Crippen LogP contribution >= 0.6 is 0 Å². The molecule has 1 saturated carbocycles. The minimum atomic E-state index is -0.453. The SMILES string of the molecule is Cc1n[nH]c(C)c1NC1CCC(NC(=O)OC(C)(C)C)C1. The fourth-order valence-corrected chi connectivity index (χ4v) is 2.69. The third kappa shape index (κ3) is 4.37. The van der Waals surface area contributed by atoms with Crippen molar-refractivity contribution in [3.05, 3.63) is 11.4 Å². The molecule has 0 aliphatic heterocycles. The molecular weight excluding hydrogens is 268 g/mol. The Labute approximate surface area is 126 Å². The van der Waals surface area contributed by atoms with E-state index in [1.165, 1.54) is 0 Å². The van der Waals surface area contributed by atoms with Gasteiger partial charge in [0.05, 0.1) is 17.1 Å². The van der Waals surface area contributed by atoms with Gasteiger partial charge in [-0.15, -0.1) is 0 Å². The minimum Gasteiger partial charge on any atom is -0.444 e. The Hall–Kier alpha value is -1.72. The molecule has 2 rings (SSSR count). The third-order valence-electron chi connectivity index (χ3n) is 3.63. The average molecular weight is 294 g/mol. The van der Waals surface area contributed by atoms with Gasteiger partial charge in [-0.1, -0.05) is 0 Å². The van der Waals surface area contributed by atoms with E-state index < -0.39 is 5.60 Å². The summed E-state index contributed by atoms with van der Waals surface area (Å²) in [6.45, 7) is 9.60. The van der Waals surface area contributed by atoms with Crippen LogP contribution in [0.25, 0.3) is 0 Å². The van der Waals surface area contributed by atoms with Crippen LogP contribution in [0, 0.1) is 13.8 Å². The summed E-state index contributed by atoms with van der Waals surface area (Å²) in [5.74, 6) is 0. The first kappa shape index (κ1) is 15.7. The van der Waals surface area contributed by atoms with Gasteiger partial charge in [0.15, 0.2) is 0 Å². The summed E-state index contributed by atoms with van der Waals surface area (Å²) < 4.78 is 5.29. The summed E-state index contributed by atoms with van der Waals surface area (Å²) in [7, 11) is 0. The number of nitrogens with one attached hydrogen (secondary N) is 3. The minimum absolute atomic E-state index is 0.171. The zero-order valence-corrected chi connectivity index (χ0v) is 13.5. The fraction of sp³-hybridized carbons (Fsp3) is 0.733. The third-order valence-corrected chi connectivity index (χ3v) is 3.63. The number of aromatic nitrogens is 2. The van der Waals surface area contributed by atoms with Crippen LogP contribution in [-0.4, -0.2) is 34.0 Å². The highest BCUT2D eigenvalue weighted by molar-refractivity contribution is 5.68. The van der Waals surface area contributed by atoms with Crippen molar-refractivity contribution < 1.29 is 9.53 Å². The number of rotatable bonds is 3. The first-order valence-corrected chi connectivity index (χ1v) is 7.52. The first-order valence-electron chi connectivity index (χ1n) is 7.52. The maximum absolute atomic E-state index is 11.8. The Balaban J connectivity index is 1.83. The Kier molecular flexibility index (Phi) is 4.44. The lowest BCUT2D eigenvalue weighted by atomic mass is 10.2. The predicted molar refractivity (Wildman–Crippen MR) is 82.5 cm³/mol. The maximum Gasteiger partial charge on any atom is 0.407 e. The average Bonchev–Trinajstić information content (AvgIpc) is 2.88. The topological polar surface area (TPSA) is 79.0 Å². The summed E-state index contributed by atoms with van der Waals surface area (Å²) in [6.07, 6.45) is 2.57. The molecule has 6 heteroatoms. The van der Waals surface area contributed by atoms with Crippen molar-refractivity contribution in [3.8, 4) is 0 Å². The number of aromatic amines is 1. The van der Waals surface area contributed by atoms with Crippen LogP contribution in [0.15, 0.2) is 0 Å². The normalized spacial score (nSPS) is 22.1. The number of anilines is 1. The van der Waals surface area contributed by atoms with Gasteiger partial charge in [0.1, 0.15) is 5.60 Å². The number of H-pyrrole nitrogens is 1. The molecule has 6 nitrogen and oxygen atoms in total. The van der Waals surface area contributed by atoms with E-state index in [9.17, 15) is 4.79 Å². The van der Waals surface area contributed by atoms with Crippen molar-refractivity contribution in [1.82, 2.24) is 15.5 Å². The summed E-state index contributed by atoms with van der Waals surface area (Å²) in [6, 6.07) is 0.532. The van der Waals surface area contributed by atoms with E-state index in [0.717, 1.165) is 36.3 Å². The van der Waals surface area contributed by atoms with Crippen molar-refractivity contribution >= 4 is 11.8 Å². The van der Waals surface area contributed by atoms with Gasteiger partial charge in [0.2, 0.25) is 0 Å². The molecule has 3 N–H and O–H groups in total. The van der Waals surface area contributed by atoms with Crippen LogP contribution in [0.1, 0.15) is 51.4 Å². The molecule has 0 radical (unpaired) electrons. The molecule has 118 valence electrons. The van der Waals surface area contributed by atoms with E-state index in [2.05, 4.69) is 20.8 Å². The summed E-state index contributed by atoms with van der Waals surface area (Å²) in [5, 5.41) is 13.6. The number of nitrogens with zero attached hydrogens (tertiary/aromatic N) is 1. The van der Waals surface area contributed by atoms with E-state index in [1.54, 1.807) is 0 Å². The molecule has 21 heavy (non-hydrogen) atoms. The molecule has 1 amide bonds. The van der Waals surface area contributed by atoms with Crippen molar-refractivity contribution in [3.63, 3.8) is 0 Å². The van der Waals surface area contributed by atoms with Crippen LogP contribution in [0.2, 0.25) is 0 Å². The van der Waals surface area contributed by atoms with E-state index in [-0.39, 0.29) is 12.1 Å². The number of carbonyl (C=O) groups excluding carboxylic acids is 1. The first-order chi connectivity index (χ1) is 9.74. The van der Waals surface area contributed by atoms with Gasteiger partial charge in [-0.05, 0) is 53.9 Å². The van der Waals surface area contributed by atoms with Crippen LogP contribution in [-0.2, 0) is 4.74 Å². The summed E-state index contributed by atoms with van der Waals surface area (Å²) >= 11 is 0. The van der Waals surface area contributed by atoms with Crippen molar-refractivity contribution in [2.24, 2.45) is 0 Å². The van der Waals surface area contributed by atoms with Crippen LogP contribution < -0.4 is 10.6 Å². The molecule has 1 aliphatic rings. The highest BCUT2D eigenvalue weighted by Gasteiger charge is 2.28. The molecule has 1 aromatic rings. The number of hydrogen-bond donors (Lipinski definition) is 3. The van der Waals surface area contributed by atoms with Gasteiger partial charge in [-0.2, -0.15) is 5.10 Å². The molecule has 1 aliphatic carbocycles. The number of amides is 1. The van der Waals surface area contributed by atoms with E-state index in [4.69, 9.17) is 4.74 Å². The second-order valence-corrected chi connectivity index (χ2v) is 6.81. The Morgan fingerprint density at radius 2 is 1.95 bits per heavy atom. The lowest BCUT2D eigenvalue weighted by Crippen LogP contribution is -2.38. The van der Waals surface area contributed by atoms with Crippen LogP contribution in [0.5, 0.6) is 0 Å². The fourth-order valence-electron chi connectivity index (χ4n) is 2.69. The van der Waals surface area contributed by atoms with Crippen molar-refractivity contribution in [2.45, 2.75) is 71.6 Å². The number of ether oxygens (including phenoxy) is 1. The molecule has 1 aromatic heterocycles. The lowest BCUT2D eigenvalue weighted by molar-refractivity contribution is 0.0505. The molecule has 0 bridgehead atoms. The van der Waals surface area contributed by atoms with Gasteiger partial charge in [0.25, 0.3) is 0 Å². The van der Waals surface area contributed by atoms with Gasteiger partial charge in [0, 0.05) is 12.1 Å². The van der Waals surface area contributed by atoms with Gasteiger partial charge in [-0.25, -0.2) is 4.79 Å². The zero-order chi connectivity index (χ0) is 15.6. The second-order valence-electron chi connectivity index (χ2n) is 6.81. The smallest absolute Gasteiger partial charge is 0.407 e. The molecule has 1 heterocycles. The molecule has 1 fully saturated rings. The molecule has 0 spiro atoms. The molecule has 0 saturated heterocycles. The number of aryl methyl sites for hydroxylation is 2. The predicted octanol–water partition coefficient (Wildman–Crippen LogP) is 2.88. The largest absolute Gasteiger partial charge is 0.444 e. The number of hydrogen-bond acceptors (Lipinski definition) is 4. The number of carbonyl (C=O) groups is 1. The summed E-state index contributed by atoms with van der Waals surface area (Å²) in [5.41, 5.74) is 2.66. The standard InChI is InChI=1S/C15H26N4O2/c1-9-13(10(2)19-18-9)16-11-6-7-12(8-11)17-14(20)21-15(3,4)5/h11-12,16H,6-8H2,1-5H3,(H,17,20)(H,18,19). The molecule has 2 unspecified atom stereocenters. The zero-order valence-electron chi connectivity index (χ0n) is 13.5. The van der Waals surface area contributed by atoms with Gasteiger partial charge >= 0.3 is 6.09 Å². The quantitative estimate of drug-likeness (QED) is 0.801. The van der Waals surface area contributed by atoms with Crippen LogP contribution in [0.3, 0.4) is 0 Å². The Morgan fingerprint density at radius 1 is 1.29 bits per heavy atom. The van der Waals surface area contributed by atoms with E-state index in [0.29, 0.717) is 6.04 Å². The van der Waals surface area contributed by atoms with Crippen molar-refractivity contribution in [1.29, 1.82) is 0 Å². The molecule has 2 atom stereocenters. The summed E-state index contributed by atoms with van der Waals surface area (Å²) in [4.78, 5) is 11.8. The monoisotopic (exact) mass is 294 g/mol. The highest BCUT2D eigenvalue weighted by atomic mass is 16.6. The van der Waals surface area contributed by atoms with Gasteiger partial charge in [-0.3, -0.25) is 5.10 Å². The highest BCUT2D eigenvalue weighted by Crippen LogP contribution is 2.26. The van der Waals surface area contributed by atoms with Crippen molar-refractivity contribution in [2.75, 3.05) is 5.32 Å². The molecular formula is C15H26N4O2. The van der Waals surface area contributed by atoms with Crippen LogP contribution in [0.4, 0.5) is 10.5 Å². The van der Waals surface area contributed by atoms with Gasteiger partial charge < -0.3 is 15.4 Å². The second kappa shape index (κ2) is 5.95. The lowest BCUT2D eigenvalue weighted by Gasteiger charge is -2.22. The Morgan fingerprint density at radius 3 is 2.52 bits per heavy atom. The maximum atomic E-state index is 11.8.